The van der Waals surface area contributed by atoms with Gasteiger partial charge in [0, 0.05) is 21.4 Å². The summed E-state index contributed by atoms with van der Waals surface area (Å²) in [6.45, 7) is 0.418. The van der Waals surface area contributed by atoms with E-state index in [0.29, 0.717) is 33.1 Å². The lowest BCUT2D eigenvalue weighted by Gasteiger charge is -2.12. The zero-order valence-corrected chi connectivity index (χ0v) is 20.5. The van der Waals surface area contributed by atoms with Crippen LogP contribution in [0.4, 0.5) is 5.69 Å². The van der Waals surface area contributed by atoms with E-state index in [4.69, 9.17) is 23.2 Å². The number of para-hydroxylation sites is 1. The molecule has 4 rings (SSSR count). The summed E-state index contributed by atoms with van der Waals surface area (Å²) in [5.74, 6) is 0.994. The van der Waals surface area contributed by atoms with Crippen molar-refractivity contribution in [1.29, 1.82) is 0 Å². The van der Waals surface area contributed by atoms with Crippen LogP contribution in [0, 0.1) is 0 Å². The van der Waals surface area contributed by atoms with E-state index in [0.717, 1.165) is 15.8 Å². The van der Waals surface area contributed by atoms with E-state index in [1.54, 1.807) is 12.1 Å². The predicted octanol–water partition coefficient (Wildman–Crippen LogP) is 6.92. The van der Waals surface area contributed by atoms with E-state index in [2.05, 4.69) is 31.4 Å². The molecular formula is C23H17BrCl2N4OS. The van der Waals surface area contributed by atoms with Crippen molar-refractivity contribution in [3.8, 4) is 5.69 Å². The molecule has 0 aliphatic rings. The molecule has 0 unspecified atom stereocenters. The molecule has 1 aromatic heterocycles. The lowest BCUT2D eigenvalue weighted by atomic mass is 10.2. The molecular weight excluding hydrogens is 531 g/mol. The minimum Gasteiger partial charge on any atom is -0.378 e. The second-order valence-electron chi connectivity index (χ2n) is 6.77. The van der Waals surface area contributed by atoms with Gasteiger partial charge in [-0.1, -0.05) is 81.2 Å². The first-order valence-electron chi connectivity index (χ1n) is 9.61. The fraction of sp³-hybridized carbons (Fsp3) is 0.0870. The first kappa shape index (κ1) is 22.9. The average Bonchev–Trinajstić information content (AvgIpc) is 3.22. The number of Topliss-reactive ketones (excluding diaryl/α,β-unsaturated/α-hetero) is 1. The van der Waals surface area contributed by atoms with Crippen molar-refractivity contribution in [2.45, 2.75) is 11.7 Å². The lowest BCUT2D eigenvalue weighted by Crippen LogP contribution is -2.09. The van der Waals surface area contributed by atoms with E-state index < -0.39 is 0 Å². The van der Waals surface area contributed by atoms with Crippen molar-refractivity contribution < 1.29 is 4.79 Å². The summed E-state index contributed by atoms with van der Waals surface area (Å²) in [7, 11) is 0. The highest BCUT2D eigenvalue weighted by molar-refractivity contribution is 9.10. The van der Waals surface area contributed by atoms with Crippen molar-refractivity contribution in [2.75, 3.05) is 11.1 Å². The number of hydrogen-bond donors (Lipinski definition) is 1. The highest BCUT2D eigenvalue weighted by Crippen LogP contribution is 2.27. The van der Waals surface area contributed by atoms with Gasteiger partial charge in [0.15, 0.2) is 16.8 Å². The van der Waals surface area contributed by atoms with Crippen LogP contribution in [0.1, 0.15) is 16.2 Å². The van der Waals surface area contributed by atoms with E-state index >= 15 is 0 Å². The van der Waals surface area contributed by atoms with Gasteiger partial charge in [-0.15, -0.1) is 10.2 Å². The Labute approximate surface area is 208 Å². The Morgan fingerprint density at radius 1 is 0.969 bits per heavy atom. The number of carbonyl (C=O) groups excluding carboxylic acids is 1. The molecule has 1 heterocycles. The zero-order valence-electron chi connectivity index (χ0n) is 16.6. The van der Waals surface area contributed by atoms with Gasteiger partial charge in [0.1, 0.15) is 0 Å². The number of benzene rings is 3. The lowest BCUT2D eigenvalue weighted by molar-refractivity contribution is 0.102. The Kier molecular flexibility index (Phi) is 7.52. The van der Waals surface area contributed by atoms with E-state index in [-0.39, 0.29) is 11.5 Å². The number of halogens is 3. The highest BCUT2D eigenvalue weighted by Gasteiger charge is 2.16. The smallest absolute Gasteiger partial charge is 0.196 e. The standard InChI is InChI=1S/C23H17BrCl2N4OS/c24-16-8-6-15(7-9-16)21(31)14-32-23-29-28-22(30(23)18-4-2-1-3-5-18)13-27-17-10-11-19(25)20(26)12-17/h1-12,27H,13-14H2. The van der Waals surface area contributed by atoms with Gasteiger partial charge in [-0.05, 0) is 42.5 Å². The van der Waals surface area contributed by atoms with Gasteiger partial charge in [0.05, 0.1) is 22.3 Å². The molecule has 5 nitrogen and oxygen atoms in total. The summed E-state index contributed by atoms with van der Waals surface area (Å²) in [6, 6.07) is 22.5. The molecule has 0 bridgehead atoms. The summed E-state index contributed by atoms with van der Waals surface area (Å²) in [5, 5.41) is 13.6. The Bertz CT molecular complexity index is 1230. The number of thioether (sulfide) groups is 1. The molecule has 9 heteroatoms. The number of rotatable bonds is 8. The molecule has 0 spiro atoms. The van der Waals surface area contributed by atoms with Gasteiger partial charge in [-0.25, -0.2) is 0 Å². The maximum absolute atomic E-state index is 12.6. The third-order valence-electron chi connectivity index (χ3n) is 4.58. The summed E-state index contributed by atoms with van der Waals surface area (Å²) < 4.78 is 2.88. The third-order valence-corrected chi connectivity index (χ3v) is 6.78. The Morgan fingerprint density at radius 3 is 2.44 bits per heavy atom. The fourth-order valence-corrected chi connectivity index (χ4v) is 4.41. The number of nitrogens with one attached hydrogen (secondary N) is 1. The molecule has 0 radical (unpaired) electrons. The SMILES string of the molecule is O=C(CSc1nnc(CNc2ccc(Cl)c(Cl)c2)n1-c1ccccc1)c1ccc(Br)cc1. The average molecular weight is 548 g/mol. The van der Waals surface area contributed by atoms with Gasteiger partial charge >= 0.3 is 0 Å². The monoisotopic (exact) mass is 546 g/mol. The van der Waals surface area contributed by atoms with Crippen LogP contribution < -0.4 is 5.32 Å². The number of ketones is 1. The van der Waals surface area contributed by atoms with E-state index in [9.17, 15) is 4.79 Å². The molecule has 0 amide bonds. The molecule has 0 atom stereocenters. The molecule has 0 saturated heterocycles. The Hall–Kier alpha value is -2.32. The molecule has 0 fully saturated rings. The molecule has 0 saturated carbocycles. The van der Waals surface area contributed by atoms with Crippen molar-refractivity contribution in [1.82, 2.24) is 14.8 Å². The topological polar surface area (TPSA) is 59.8 Å². The minimum absolute atomic E-state index is 0.0283. The van der Waals surface area contributed by atoms with Crippen LogP contribution in [0.25, 0.3) is 5.69 Å². The van der Waals surface area contributed by atoms with Crippen LogP contribution >= 0.6 is 50.9 Å². The second kappa shape index (κ2) is 10.5. The van der Waals surface area contributed by atoms with Crippen LogP contribution in [-0.4, -0.2) is 26.3 Å². The number of hydrogen-bond acceptors (Lipinski definition) is 5. The first-order chi connectivity index (χ1) is 15.5. The Morgan fingerprint density at radius 2 is 1.72 bits per heavy atom. The molecule has 1 N–H and O–H groups in total. The quantitative estimate of drug-likeness (QED) is 0.191. The molecule has 0 aliphatic heterocycles. The van der Waals surface area contributed by atoms with Gasteiger partial charge in [0.25, 0.3) is 0 Å². The maximum atomic E-state index is 12.6. The van der Waals surface area contributed by atoms with E-state index in [1.807, 2.05) is 65.2 Å². The molecule has 162 valence electrons. The summed E-state index contributed by atoms with van der Waals surface area (Å²) in [4.78, 5) is 12.6. The van der Waals surface area contributed by atoms with Gasteiger partial charge in [-0.3, -0.25) is 9.36 Å². The second-order valence-corrected chi connectivity index (χ2v) is 9.44. The van der Waals surface area contributed by atoms with Crippen LogP contribution in [0.3, 0.4) is 0 Å². The van der Waals surface area contributed by atoms with Gasteiger partial charge in [0.2, 0.25) is 0 Å². The molecule has 4 aromatic rings. The van der Waals surface area contributed by atoms with Crippen LogP contribution in [0.15, 0.2) is 82.4 Å². The maximum Gasteiger partial charge on any atom is 0.196 e. The summed E-state index contributed by atoms with van der Waals surface area (Å²) in [6.07, 6.45) is 0. The zero-order chi connectivity index (χ0) is 22.5. The van der Waals surface area contributed by atoms with Crippen LogP contribution in [0.5, 0.6) is 0 Å². The van der Waals surface area contributed by atoms with Crippen LogP contribution in [-0.2, 0) is 6.54 Å². The fourth-order valence-electron chi connectivity index (χ4n) is 2.98. The molecule has 3 aromatic carbocycles. The Balaban J connectivity index is 1.54. The summed E-state index contributed by atoms with van der Waals surface area (Å²) >= 11 is 16.9. The highest BCUT2D eigenvalue weighted by atomic mass is 79.9. The van der Waals surface area contributed by atoms with Crippen molar-refractivity contribution in [3.05, 3.63) is 98.7 Å². The van der Waals surface area contributed by atoms with Gasteiger partial charge in [-0.2, -0.15) is 0 Å². The summed E-state index contributed by atoms with van der Waals surface area (Å²) in [5.41, 5.74) is 2.40. The number of anilines is 1. The normalized spacial score (nSPS) is 10.8. The number of aromatic nitrogens is 3. The number of carbonyl (C=O) groups is 1. The van der Waals surface area contributed by atoms with E-state index in [1.165, 1.54) is 11.8 Å². The third kappa shape index (κ3) is 5.53. The largest absolute Gasteiger partial charge is 0.378 e. The predicted molar refractivity (Wildman–Crippen MR) is 134 cm³/mol. The molecule has 32 heavy (non-hydrogen) atoms. The van der Waals surface area contributed by atoms with Crippen molar-refractivity contribution in [2.24, 2.45) is 0 Å². The van der Waals surface area contributed by atoms with Crippen molar-refractivity contribution in [3.63, 3.8) is 0 Å². The van der Waals surface area contributed by atoms with Crippen molar-refractivity contribution >= 4 is 62.4 Å². The number of nitrogens with zero attached hydrogens (tertiary/aromatic N) is 3. The van der Waals surface area contributed by atoms with Crippen LogP contribution in [0.2, 0.25) is 10.0 Å². The first-order valence-corrected chi connectivity index (χ1v) is 12.1. The molecule has 0 aliphatic carbocycles. The minimum atomic E-state index is 0.0283. The van der Waals surface area contributed by atoms with Gasteiger partial charge < -0.3 is 5.32 Å².